The van der Waals surface area contributed by atoms with Crippen molar-refractivity contribution in [2.45, 2.75) is 6.54 Å². The van der Waals surface area contributed by atoms with Crippen molar-refractivity contribution < 1.29 is 4.79 Å². The highest BCUT2D eigenvalue weighted by atomic mass is 79.9. The Hall–Kier alpha value is -2.78. The van der Waals surface area contributed by atoms with Gasteiger partial charge in [-0.05, 0) is 23.3 Å². The Kier molecular flexibility index (Phi) is 4.31. The highest BCUT2D eigenvalue weighted by molar-refractivity contribution is 9.10. The summed E-state index contributed by atoms with van der Waals surface area (Å²) in [5, 5.41) is 12.6. The lowest BCUT2D eigenvalue weighted by atomic mass is 10.0. The third kappa shape index (κ3) is 3.52. The van der Waals surface area contributed by atoms with Crippen LogP contribution >= 0.6 is 15.9 Å². The van der Waals surface area contributed by atoms with Gasteiger partial charge in [-0.15, -0.1) is 5.10 Å². The van der Waals surface area contributed by atoms with Crippen molar-refractivity contribution in [1.29, 1.82) is 5.26 Å². The van der Waals surface area contributed by atoms with Crippen molar-refractivity contribution in [1.82, 2.24) is 14.8 Å². The smallest absolute Gasteiger partial charge is 0.252 e. The molecule has 112 valence electrons. The number of rotatable bonds is 4. The standard InChI is InChI=1S/C17H11BrN4O/c18-15-7-5-13(6-8-15)12-1-3-14(4-2-12)16(23)10-22-11-20-17(9-19)21-22/h1-8,11H,10H2. The molecule has 0 amide bonds. The van der Waals surface area contributed by atoms with Gasteiger partial charge < -0.3 is 0 Å². The van der Waals surface area contributed by atoms with Gasteiger partial charge in [0.2, 0.25) is 0 Å². The molecule has 1 aromatic heterocycles. The largest absolute Gasteiger partial charge is 0.292 e. The summed E-state index contributed by atoms with van der Waals surface area (Å²) in [6.07, 6.45) is 1.38. The molecule has 0 aliphatic rings. The van der Waals surface area contributed by atoms with Crippen LogP contribution in [0.4, 0.5) is 0 Å². The Morgan fingerprint density at radius 1 is 1.09 bits per heavy atom. The van der Waals surface area contributed by atoms with Crippen LogP contribution in [0.15, 0.2) is 59.3 Å². The molecule has 0 aliphatic heterocycles. The van der Waals surface area contributed by atoms with E-state index in [1.807, 2.05) is 42.5 Å². The third-order valence-electron chi connectivity index (χ3n) is 3.33. The minimum Gasteiger partial charge on any atom is -0.292 e. The maximum Gasteiger partial charge on any atom is 0.252 e. The molecule has 3 aromatic rings. The first kappa shape index (κ1) is 15.1. The summed E-state index contributed by atoms with van der Waals surface area (Å²) in [6, 6.07) is 17.2. The molecule has 0 aliphatic carbocycles. The van der Waals surface area contributed by atoms with Crippen LogP contribution in [-0.2, 0) is 6.54 Å². The zero-order valence-corrected chi connectivity index (χ0v) is 13.6. The monoisotopic (exact) mass is 366 g/mol. The average Bonchev–Trinajstić information content (AvgIpc) is 3.03. The van der Waals surface area contributed by atoms with E-state index in [-0.39, 0.29) is 18.2 Å². The molecule has 0 radical (unpaired) electrons. The Morgan fingerprint density at radius 2 is 1.70 bits per heavy atom. The predicted octanol–water partition coefficient (Wildman–Crippen LogP) is 3.46. The minimum atomic E-state index is -0.0817. The van der Waals surface area contributed by atoms with Crippen LogP contribution in [0.5, 0.6) is 0 Å². The first-order valence-electron chi connectivity index (χ1n) is 6.84. The zero-order valence-electron chi connectivity index (χ0n) is 12.0. The Labute approximate surface area is 141 Å². The molecule has 0 N–H and O–H groups in total. The topological polar surface area (TPSA) is 71.6 Å². The molecule has 0 saturated carbocycles. The fraction of sp³-hybridized carbons (Fsp3) is 0.0588. The second kappa shape index (κ2) is 6.55. The van der Waals surface area contributed by atoms with Crippen LogP contribution in [0, 0.1) is 11.3 Å². The lowest BCUT2D eigenvalue weighted by Crippen LogP contribution is -2.11. The zero-order chi connectivity index (χ0) is 16.2. The van der Waals surface area contributed by atoms with Crippen LogP contribution < -0.4 is 0 Å². The summed E-state index contributed by atoms with van der Waals surface area (Å²) in [7, 11) is 0. The number of nitrogens with zero attached hydrogens (tertiary/aromatic N) is 4. The molecule has 1 heterocycles. The molecule has 0 saturated heterocycles. The van der Waals surface area contributed by atoms with Gasteiger partial charge in [-0.3, -0.25) is 4.79 Å². The fourth-order valence-corrected chi connectivity index (χ4v) is 2.42. The molecule has 0 spiro atoms. The summed E-state index contributed by atoms with van der Waals surface area (Å²) in [5.41, 5.74) is 2.73. The molecule has 0 fully saturated rings. The number of benzene rings is 2. The summed E-state index contributed by atoms with van der Waals surface area (Å²) in [6.45, 7) is 0.0618. The van der Waals surface area contributed by atoms with Crippen molar-refractivity contribution in [3.05, 3.63) is 70.7 Å². The number of aromatic nitrogens is 3. The molecule has 5 nitrogen and oxygen atoms in total. The first-order chi connectivity index (χ1) is 11.2. The van der Waals surface area contributed by atoms with Crippen LogP contribution in [0.3, 0.4) is 0 Å². The molecule has 23 heavy (non-hydrogen) atoms. The van der Waals surface area contributed by atoms with Gasteiger partial charge in [0, 0.05) is 10.0 Å². The molecule has 0 atom stereocenters. The van der Waals surface area contributed by atoms with Gasteiger partial charge in [0.1, 0.15) is 18.9 Å². The van der Waals surface area contributed by atoms with Crippen molar-refractivity contribution in [3.8, 4) is 17.2 Å². The Balaban J connectivity index is 1.75. The van der Waals surface area contributed by atoms with Crippen LogP contribution in [0.1, 0.15) is 16.2 Å². The highest BCUT2D eigenvalue weighted by Crippen LogP contribution is 2.22. The molecule has 6 heteroatoms. The van der Waals surface area contributed by atoms with E-state index in [9.17, 15) is 4.79 Å². The third-order valence-corrected chi connectivity index (χ3v) is 3.86. The number of hydrogen-bond acceptors (Lipinski definition) is 4. The average molecular weight is 367 g/mol. The van der Waals surface area contributed by atoms with Crippen molar-refractivity contribution in [2.24, 2.45) is 0 Å². The summed E-state index contributed by atoms with van der Waals surface area (Å²) < 4.78 is 2.39. The van der Waals surface area contributed by atoms with E-state index in [0.717, 1.165) is 15.6 Å². The fourth-order valence-electron chi connectivity index (χ4n) is 2.15. The van der Waals surface area contributed by atoms with E-state index in [4.69, 9.17) is 5.26 Å². The maximum atomic E-state index is 12.2. The number of carbonyl (C=O) groups excluding carboxylic acids is 1. The molecular weight excluding hydrogens is 356 g/mol. The summed E-state index contributed by atoms with van der Waals surface area (Å²) in [5.74, 6) is -0.0230. The van der Waals surface area contributed by atoms with E-state index < -0.39 is 0 Å². The van der Waals surface area contributed by atoms with E-state index in [0.29, 0.717) is 5.56 Å². The summed E-state index contributed by atoms with van der Waals surface area (Å²) in [4.78, 5) is 16.0. The lowest BCUT2D eigenvalue weighted by Gasteiger charge is -2.04. The SMILES string of the molecule is N#Cc1ncn(CC(=O)c2ccc(-c3ccc(Br)cc3)cc2)n1. The first-order valence-corrected chi connectivity index (χ1v) is 7.64. The van der Waals surface area contributed by atoms with Gasteiger partial charge in [0.15, 0.2) is 5.78 Å². The van der Waals surface area contributed by atoms with Crippen LogP contribution in [0.25, 0.3) is 11.1 Å². The number of halogens is 1. The normalized spacial score (nSPS) is 10.3. The molecule has 0 unspecified atom stereocenters. The van der Waals surface area contributed by atoms with E-state index in [1.54, 1.807) is 12.1 Å². The van der Waals surface area contributed by atoms with Crippen LogP contribution in [0.2, 0.25) is 0 Å². The Bertz CT molecular complexity index is 876. The van der Waals surface area contributed by atoms with Crippen molar-refractivity contribution in [2.75, 3.05) is 0 Å². The second-order valence-electron chi connectivity index (χ2n) is 4.88. The number of ketones is 1. The number of Topliss-reactive ketones (excluding diaryl/α,β-unsaturated/α-hetero) is 1. The van der Waals surface area contributed by atoms with Gasteiger partial charge in [-0.25, -0.2) is 9.67 Å². The van der Waals surface area contributed by atoms with Crippen molar-refractivity contribution >= 4 is 21.7 Å². The quantitative estimate of drug-likeness (QED) is 0.662. The number of hydrogen-bond donors (Lipinski definition) is 0. The van der Waals surface area contributed by atoms with Gasteiger partial charge in [0.25, 0.3) is 5.82 Å². The van der Waals surface area contributed by atoms with Crippen LogP contribution in [-0.4, -0.2) is 20.5 Å². The van der Waals surface area contributed by atoms with E-state index in [1.165, 1.54) is 11.0 Å². The molecule has 0 bridgehead atoms. The van der Waals surface area contributed by atoms with Gasteiger partial charge in [0.05, 0.1) is 0 Å². The van der Waals surface area contributed by atoms with Gasteiger partial charge in [-0.1, -0.05) is 52.3 Å². The Morgan fingerprint density at radius 3 is 2.26 bits per heavy atom. The van der Waals surface area contributed by atoms with E-state index in [2.05, 4.69) is 26.0 Å². The minimum absolute atomic E-state index is 0.0587. The molecular formula is C17H11BrN4O. The number of nitriles is 1. The predicted molar refractivity (Wildman–Crippen MR) is 88.6 cm³/mol. The summed E-state index contributed by atoms with van der Waals surface area (Å²) >= 11 is 3.41. The molecule has 3 rings (SSSR count). The highest BCUT2D eigenvalue weighted by Gasteiger charge is 2.09. The second-order valence-corrected chi connectivity index (χ2v) is 5.80. The lowest BCUT2D eigenvalue weighted by molar-refractivity contribution is 0.0967. The molecule has 2 aromatic carbocycles. The van der Waals surface area contributed by atoms with Gasteiger partial charge >= 0.3 is 0 Å². The number of carbonyl (C=O) groups is 1. The van der Waals surface area contributed by atoms with E-state index >= 15 is 0 Å². The van der Waals surface area contributed by atoms with Gasteiger partial charge in [-0.2, -0.15) is 5.26 Å². The maximum absolute atomic E-state index is 12.2. The van der Waals surface area contributed by atoms with Crippen molar-refractivity contribution in [3.63, 3.8) is 0 Å².